The second-order valence-electron chi connectivity index (χ2n) is 4.96. The molecule has 0 aliphatic carbocycles. The van der Waals surface area contributed by atoms with Crippen molar-refractivity contribution < 1.29 is 5.11 Å². The van der Waals surface area contributed by atoms with Gasteiger partial charge in [-0.2, -0.15) is 0 Å². The van der Waals surface area contributed by atoms with E-state index in [0.29, 0.717) is 6.04 Å². The second kappa shape index (κ2) is 7.64. The van der Waals surface area contributed by atoms with E-state index in [1.54, 1.807) is 0 Å². The highest BCUT2D eigenvalue weighted by Crippen LogP contribution is 2.22. The molecule has 92 valence electrons. The minimum Gasteiger partial charge on any atom is -0.395 e. The molecule has 0 bridgehead atoms. The van der Waals surface area contributed by atoms with Gasteiger partial charge in [-0.1, -0.05) is 43.6 Å². The Bertz CT molecular complexity index is 158. The summed E-state index contributed by atoms with van der Waals surface area (Å²) >= 11 is 3.55. The molecule has 0 aliphatic heterocycles. The topological polar surface area (TPSA) is 23.5 Å². The molecule has 0 amide bonds. The van der Waals surface area contributed by atoms with Crippen molar-refractivity contribution in [3.8, 4) is 0 Å². The van der Waals surface area contributed by atoms with Crippen LogP contribution < -0.4 is 0 Å². The summed E-state index contributed by atoms with van der Waals surface area (Å²) in [7, 11) is 0. The highest BCUT2D eigenvalue weighted by atomic mass is 79.9. The molecule has 0 unspecified atom stereocenters. The molecule has 1 N–H and O–H groups in total. The van der Waals surface area contributed by atoms with Crippen LogP contribution in [0.4, 0.5) is 0 Å². The summed E-state index contributed by atoms with van der Waals surface area (Å²) in [6.45, 7) is 11.1. The van der Waals surface area contributed by atoms with Gasteiger partial charge in [0.1, 0.15) is 0 Å². The first-order chi connectivity index (χ1) is 7.00. The van der Waals surface area contributed by atoms with Gasteiger partial charge in [-0.15, -0.1) is 0 Å². The van der Waals surface area contributed by atoms with Gasteiger partial charge in [0.25, 0.3) is 0 Å². The first-order valence-corrected chi connectivity index (χ1v) is 7.03. The maximum atomic E-state index is 9.09. The van der Waals surface area contributed by atoms with Crippen LogP contribution in [0.25, 0.3) is 0 Å². The molecular weight excluding hydrogens is 254 g/mol. The van der Waals surface area contributed by atoms with Crippen LogP contribution in [0.5, 0.6) is 0 Å². The SMILES string of the molecule is CCC(CC)N(CCO)CC(C)(C)CBr. The summed E-state index contributed by atoms with van der Waals surface area (Å²) in [6, 6.07) is 0.607. The van der Waals surface area contributed by atoms with Crippen molar-refractivity contribution >= 4 is 15.9 Å². The molecule has 0 aromatic carbocycles. The predicted octanol–water partition coefficient (Wildman–Crippen LogP) is 2.89. The number of nitrogens with zero attached hydrogens (tertiary/aromatic N) is 1. The van der Waals surface area contributed by atoms with E-state index in [9.17, 15) is 0 Å². The first kappa shape index (κ1) is 15.4. The van der Waals surface area contributed by atoms with Gasteiger partial charge >= 0.3 is 0 Å². The average Bonchev–Trinajstić information content (AvgIpc) is 2.19. The third kappa shape index (κ3) is 5.88. The quantitative estimate of drug-likeness (QED) is 0.691. The lowest BCUT2D eigenvalue weighted by Gasteiger charge is -2.36. The van der Waals surface area contributed by atoms with E-state index in [0.717, 1.165) is 31.3 Å². The van der Waals surface area contributed by atoms with Crippen LogP contribution in [0.3, 0.4) is 0 Å². The summed E-state index contributed by atoms with van der Waals surface area (Å²) in [4.78, 5) is 2.42. The lowest BCUT2D eigenvalue weighted by atomic mass is 9.94. The number of halogens is 1. The molecule has 0 aliphatic rings. The zero-order valence-corrected chi connectivity index (χ0v) is 12.2. The molecule has 0 heterocycles. The Morgan fingerprint density at radius 1 is 1.27 bits per heavy atom. The number of hydrogen-bond acceptors (Lipinski definition) is 2. The minimum absolute atomic E-state index is 0.259. The van der Waals surface area contributed by atoms with Gasteiger partial charge in [0.05, 0.1) is 6.61 Å². The second-order valence-corrected chi connectivity index (χ2v) is 5.52. The van der Waals surface area contributed by atoms with Crippen molar-refractivity contribution in [3.05, 3.63) is 0 Å². The summed E-state index contributed by atoms with van der Waals surface area (Å²) in [5.41, 5.74) is 0.276. The van der Waals surface area contributed by atoms with Crippen LogP contribution in [0.1, 0.15) is 40.5 Å². The molecule has 0 rings (SSSR count). The van der Waals surface area contributed by atoms with Crippen LogP contribution in [0.15, 0.2) is 0 Å². The first-order valence-electron chi connectivity index (χ1n) is 5.91. The zero-order chi connectivity index (χ0) is 11.9. The summed E-state index contributed by atoms with van der Waals surface area (Å²) < 4.78 is 0. The Labute approximate surface area is 103 Å². The molecule has 3 heteroatoms. The van der Waals surface area contributed by atoms with Gasteiger partial charge in [0.15, 0.2) is 0 Å². The minimum atomic E-state index is 0.259. The van der Waals surface area contributed by atoms with Crippen LogP contribution in [0, 0.1) is 5.41 Å². The molecule has 0 spiro atoms. The van der Waals surface area contributed by atoms with E-state index in [4.69, 9.17) is 5.11 Å². The molecule has 0 aromatic heterocycles. The molecule has 0 saturated heterocycles. The van der Waals surface area contributed by atoms with Gasteiger partial charge in [0, 0.05) is 24.5 Å². The standard InChI is InChI=1S/C12H26BrNO/c1-5-11(6-2)14(7-8-15)10-12(3,4)9-13/h11,15H,5-10H2,1-4H3. The van der Waals surface area contributed by atoms with Gasteiger partial charge in [0.2, 0.25) is 0 Å². The fourth-order valence-electron chi connectivity index (χ4n) is 1.92. The van der Waals surface area contributed by atoms with Crippen molar-refractivity contribution in [2.24, 2.45) is 5.41 Å². The van der Waals surface area contributed by atoms with Crippen LogP contribution in [-0.2, 0) is 0 Å². The zero-order valence-electron chi connectivity index (χ0n) is 10.6. The van der Waals surface area contributed by atoms with Crippen molar-refractivity contribution in [1.29, 1.82) is 0 Å². The van der Waals surface area contributed by atoms with Crippen molar-refractivity contribution in [2.75, 3.05) is 25.0 Å². The molecular formula is C12H26BrNO. The Morgan fingerprint density at radius 2 is 1.80 bits per heavy atom. The maximum absolute atomic E-state index is 9.09. The smallest absolute Gasteiger partial charge is 0.0558 e. The predicted molar refractivity (Wildman–Crippen MR) is 70.6 cm³/mol. The lowest BCUT2D eigenvalue weighted by Crippen LogP contribution is -2.43. The fraction of sp³-hybridized carbons (Fsp3) is 1.00. The molecule has 0 atom stereocenters. The number of rotatable bonds is 8. The molecule has 0 aromatic rings. The summed E-state index contributed by atoms with van der Waals surface area (Å²) in [6.07, 6.45) is 2.32. The molecule has 0 saturated carbocycles. The number of hydrogen-bond donors (Lipinski definition) is 1. The third-order valence-corrected chi connectivity index (χ3v) is 4.36. The van der Waals surface area contributed by atoms with Crippen molar-refractivity contribution in [2.45, 2.75) is 46.6 Å². The van der Waals surface area contributed by atoms with E-state index in [-0.39, 0.29) is 12.0 Å². The van der Waals surface area contributed by atoms with Gasteiger partial charge < -0.3 is 5.11 Å². The number of aliphatic hydroxyl groups is 1. The Balaban J connectivity index is 4.37. The van der Waals surface area contributed by atoms with E-state index in [1.807, 2.05) is 0 Å². The highest BCUT2D eigenvalue weighted by Gasteiger charge is 2.23. The number of alkyl halides is 1. The fourth-order valence-corrected chi connectivity index (χ4v) is 2.09. The van der Waals surface area contributed by atoms with Crippen LogP contribution >= 0.6 is 15.9 Å². The molecule has 0 radical (unpaired) electrons. The monoisotopic (exact) mass is 279 g/mol. The normalized spacial score (nSPS) is 12.8. The van der Waals surface area contributed by atoms with E-state index < -0.39 is 0 Å². The van der Waals surface area contributed by atoms with Crippen molar-refractivity contribution in [1.82, 2.24) is 4.90 Å². The van der Waals surface area contributed by atoms with Gasteiger partial charge in [-0.3, -0.25) is 4.90 Å². The molecule has 0 fully saturated rings. The van der Waals surface area contributed by atoms with Gasteiger partial charge in [-0.05, 0) is 18.3 Å². The Kier molecular flexibility index (Phi) is 7.84. The van der Waals surface area contributed by atoms with Crippen LogP contribution in [0.2, 0.25) is 0 Å². The third-order valence-electron chi connectivity index (χ3n) is 2.84. The molecule has 15 heavy (non-hydrogen) atoms. The van der Waals surface area contributed by atoms with Crippen LogP contribution in [-0.4, -0.2) is 41.1 Å². The largest absolute Gasteiger partial charge is 0.395 e. The summed E-state index contributed by atoms with van der Waals surface area (Å²) in [5.74, 6) is 0. The van der Waals surface area contributed by atoms with Gasteiger partial charge in [-0.25, -0.2) is 0 Å². The molecule has 2 nitrogen and oxygen atoms in total. The van der Waals surface area contributed by atoms with E-state index in [2.05, 4.69) is 48.5 Å². The average molecular weight is 280 g/mol. The maximum Gasteiger partial charge on any atom is 0.0558 e. The lowest BCUT2D eigenvalue weighted by molar-refractivity contribution is 0.106. The highest BCUT2D eigenvalue weighted by molar-refractivity contribution is 9.09. The van der Waals surface area contributed by atoms with E-state index >= 15 is 0 Å². The van der Waals surface area contributed by atoms with Crippen molar-refractivity contribution in [3.63, 3.8) is 0 Å². The Hall–Kier alpha value is 0.400. The van der Waals surface area contributed by atoms with E-state index in [1.165, 1.54) is 0 Å². The summed E-state index contributed by atoms with van der Waals surface area (Å²) in [5, 5.41) is 10.1. The Morgan fingerprint density at radius 3 is 2.13 bits per heavy atom. The number of aliphatic hydroxyl groups excluding tert-OH is 1.